The van der Waals surface area contributed by atoms with Gasteiger partial charge in [-0.2, -0.15) is 0 Å². The molecule has 0 unspecified atom stereocenters. The van der Waals surface area contributed by atoms with Crippen molar-refractivity contribution in [2.45, 2.75) is 32.6 Å². The summed E-state index contributed by atoms with van der Waals surface area (Å²) in [6.45, 7) is 1.60. The maximum Gasteiger partial charge on any atom is 0.152 e. The molecule has 0 aromatic heterocycles. The largest absolute Gasteiger partial charge is 0.295 e. The zero-order chi connectivity index (χ0) is 7.40. The van der Waals surface area contributed by atoms with Crippen LogP contribution in [0.4, 0.5) is 0 Å². The summed E-state index contributed by atoms with van der Waals surface area (Å²) in [7, 11) is 0. The lowest BCUT2D eigenvalue weighted by atomic mass is 10.1. The molecule has 1 aliphatic carbocycles. The molecule has 0 bridgehead atoms. The first-order valence-corrected chi connectivity index (χ1v) is 3.98. The van der Waals surface area contributed by atoms with Crippen LogP contribution in [0.3, 0.4) is 0 Å². The number of hydrogen-bond donors (Lipinski definition) is 0. The molecule has 56 valence electrons. The lowest BCUT2D eigenvalue weighted by molar-refractivity contribution is -0.112. The van der Waals surface area contributed by atoms with E-state index in [2.05, 4.69) is 6.08 Å². The van der Waals surface area contributed by atoms with Crippen LogP contribution in [0.2, 0.25) is 0 Å². The molecule has 1 saturated carbocycles. The molecule has 0 N–H and O–H groups in total. The van der Waals surface area contributed by atoms with Crippen LogP contribution in [0.15, 0.2) is 12.2 Å². The van der Waals surface area contributed by atoms with Gasteiger partial charge in [0.25, 0.3) is 0 Å². The first-order valence-electron chi connectivity index (χ1n) is 3.98. The molecule has 0 aromatic carbocycles. The summed E-state index contributed by atoms with van der Waals surface area (Å²) < 4.78 is 0. The Morgan fingerprint density at radius 2 is 2.00 bits per heavy atom. The fourth-order valence-electron chi connectivity index (χ4n) is 1.42. The molecular weight excluding hydrogens is 124 g/mol. The van der Waals surface area contributed by atoms with Crippen LogP contribution in [0.5, 0.6) is 0 Å². The van der Waals surface area contributed by atoms with Crippen molar-refractivity contribution < 1.29 is 4.79 Å². The predicted molar refractivity (Wildman–Crippen MR) is 41.8 cm³/mol. The van der Waals surface area contributed by atoms with Gasteiger partial charge in [-0.05, 0) is 31.8 Å². The zero-order valence-electron chi connectivity index (χ0n) is 6.47. The minimum atomic E-state index is 0.173. The molecule has 0 atom stereocenters. The first kappa shape index (κ1) is 7.52. The van der Waals surface area contributed by atoms with Gasteiger partial charge in [0.2, 0.25) is 0 Å². The van der Waals surface area contributed by atoms with Gasteiger partial charge in [-0.1, -0.05) is 18.9 Å². The summed E-state index contributed by atoms with van der Waals surface area (Å²) in [6, 6.07) is 0. The van der Waals surface area contributed by atoms with E-state index in [1.165, 1.54) is 25.7 Å². The minimum absolute atomic E-state index is 0.173. The predicted octanol–water partition coefficient (Wildman–Crippen LogP) is 2.32. The summed E-state index contributed by atoms with van der Waals surface area (Å²) in [5.74, 6) is 0.871. The van der Waals surface area contributed by atoms with E-state index in [0.717, 1.165) is 0 Å². The molecule has 1 fully saturated rings. The average Bonchev–Trinajstić information content (AvgIpc) is 2.34. The molecule has 1 aliphatic rings. The number of carbonyl (C=O) groups excluding carboxylic acids is 1. The van der Waals surface area contributed by atoms with Crippen LogP contribution in [0, 0.1) is 5.92 Å². The second-order valence-corrected chi connectivity index (χ2v) is 3.01. The standard InChI is InChI=1S/C9H14O/c1-8(10)6-7-9-4-2-3-5-9/h6-7,9H,2-5H2,1H3/b7-6+. The van der Waals surface area contributed by atoms with Crippen LogP contribution < -0.4 is 0 Å². The number of hydrogen-bond acceptors (Lipinski definition) is 1. The summed E-state index contributed by atoms with van der Waals surface area (Å²) >= 11 is 0. The first-order chi connectivity index (χ1) is 4.79. The lowest BCUT2D eigenvalue weighted by Crippen LogP contribution is -1.88. The Labute approximate surface area is 62.1 Å². The third-order valence-corrected chi connectivity index (χ3v) is 2.00. The summed E-state index contributed by atoms with van der Waals surface area (Å²) in [4.78, 5) is 10.5. The van der Waals surface area contributed by atoms with E-state index in [4.69, 9.17) is 0 Å². The second kappa shape index (κ2) is 3.55. The maximum absolute atomic E-state index is 10.5. The summed E-state index contributed by atoms with van der Waals surface area (Å²) in [6.07, 6.45) is 9.01. The molecule has 0 aromatic rings. The van der Waals surface area contributed by atoms with Crippen LogP contribution in [-0.4, -0.2) is 5.78 Å². The van der Waals surface area contributed by atoms with E-state index < -0.39 is 0 Å². The lowest BCUT2D eigenvalue weighted by Gasteiger charge is -1.97. The number of carbonyl (C=O) groups is 1. The number of rotatable bonds is 2. The summed E-state index contributed by atoms with van der Waals surface area (Å²) in [5.41, 5.74) is 0. The van der Waals surface area contributed by atoms with Gasteiger partial charge in [0.1, 0.15) is 0 Å². The molecular formula is C9H14O. The Bertz CT molecular complexity index is 141. The van der Waals surface area contributed by atoms with Gasteiger partial charge in [-0.3, -0.25) is 4.79 Å². The quantitative estimate of drug-likeness (QED) is 0.535. The molecule has 0 saturated heterocycles. The van der Waals surface area contributed by atoms with Crippen LogP contribution in [0.25, 0.3) is 0 Å². The zero-order valence-corrected chi connectivity index (χ0v) is 6.47. The number of allylic oxidation sites excluding steroid dienone is 2. The van der Waals surface area contributed by atoms with Gasteiger partial charge in [-0.15, -0.1) is 0 Å². The molecule has 10 heavy (non-hydrogen) atoms. The SMILES string of the molecule is CC(=O)/C=C/C1CCCC1. The average molecular weight is 138 g/mol. The molecule has 0 heterocycles. The Morgan fingerprint density at radius 1 is 1.40 bits per heavy atom. The second-order valence-electron chi connectivity index (χ2n) is 3.01. The van der Waals surface area contributed by atoms with E-state index in [-0.39, 0.29) is 5.78 Å². The van der Waals surface area contributed by atoms with Gasteiger partial charge >= 0.3 is 0 Å². The van der Waals surface area contributed by atoms with Crippen molar-refractivity contribution in [3.05, 3.63) is 12.2 Å². The van der Waals surface area contributed by atoms with Crippen molar-refractivity contribution in [2.75, 3.05) is 0 Å². The van der Waals surface area contributed by atoms with Crippen molar-refractivity contribution in [2.24, 2.45) is 5.92 Å². The van der Waals surface area contributed by atoms with Crippen molar-refractivity contribution in [3.63, 3.8) is 0 Å². The van der Waals surface area contributed by atoms with Gasteiger partial charge in [0, 0.05) is 0 Å². The molecule has 0 spiro atoms. The molecule has 0 amide bonds. The number of ketones is 1. The fraction of sp³-hybridized carbons (Fsp3) is 0.667. The van der Waals surface area contributed by atoms with Gasteiger partial charge in [0.05, 0.1) is 0 Å². The smallest absolute Gasteiger partial charge is 0.152 e. The van der Waals surface area contributed by atoms with Crippen molar-refractivity contribution in [1.82, 2.24) is 0 Å². The topological polar surface area (TPSA) is 17.1 Å². The van der Waals surface area contributed by atoms with Crippen molar-refractivity contribution >= 4 is 5.78 Å². The minimum Gasteiger partial charge on any atom is -0.295 e. The van der Waals surface area contributed by atoms with E-state index in [9.17, 15) is 4.79 Å². The van der Waals surface area contributed by atoms with E-state index in [0.29, 0.717) is 5.92 Å². The third-order valence-electron chi connectivity index (χ3n) is 2.00. The fourth-order valence-corrected chi connectivity index (χ4v) is 1.42. The van der Waals surface area contributed by atoms with Crippen LogP contribution >= 0.6 is 0 Å². The highest BCUT2D eigenvalue weighted by Crippen LogP contribution is 2.25. The Hall–Kier alpha value is -0.590. The Morgan fingerprint density at radius 3 is 2.50 bits per heavy atom. The van der Waals surface area contributed by atoms with Gasteiger partial charge < -0.3 is 0 Å². The molecule has 1 nitrogen and oxygen atoms in total. The monoisotopic (exact) mass is 138 g/mol. The van der Waals surface area contributed by atoms with Gasteiger partial charge in [-0.25, -0.2) is 0 Å². The summed E-state index contributed by atoms with van der Waals surface area (Å²) in [5, 5.41) is 0. The van der Waals surface area contributed by atoms with E-state index in [1.807, 2.05) is 0 Å². The molecule has 0 aliphatic heterocycles. The van der Waals surface area contributed by atoms with Crippen molar-refractivity contribution in [3.8, 4) is 0 Å². The van der Waals surface area contributed by atoms with Gasteiger partial charge in [0.15, 0.2) is 5.78 Å². The van der Waals surface area contributed by atoms with E-state index in [1.54, 1.807) is 13.0 Å². The highest BCUT2D eigenvalue weighted by molar-refractivity contribution is 5.87. The van der Waals surface area contributed by atoms with Crippen LogP contribution in [0.1, 0.15) is 32.6 Å². The third kappa shape index (κ3) is 2.34. The molecule has 1 rings (SSSR count). The normalized spacial score (nSPS) is 20.5. The Kier molecular flexibility index (Phi) is 2.67. The highest BCUT2D eigenvalue weighted by atomic mass is 16.1. The maximum atomic E-state index is 10.5. The van der Waals surface area contributed by atoms with Crippen molar-refractivity contribution in [1.29, 1.82) is 0 Å². The Balaban J connectivity index is 2.29. The highest BCUT2D eigenvalue weighted by Gasteiger charge is 2.10. The molecule has 1 heteroatoms. The molecule has 0 radical (unpaired) electrons. The van der Waals surface area contributed by atoms with E-state index >= 15 is 0 Å². The van der Waals surface area contributed by atoms with Crippen LogP contribution in [-0.2, 0) is 4.79 Å².